The van der Waals surface area contributed by atoms with E-state index in [1.54, 1.807) is 20.8 Å². The second-order valence-corrected chi connectivity index (χ2v) is 8.53. The van der Waals surface area contributed by atoms with E-state index in [1.807, 2.05) is 0 Å². The smallest absolute Gasteiger partial charge is 0.377 e. The van der Waals surface area contributed by atoms with E-state index in [-0.39, 0.29) is 16.8 Å². The van der Waals surface area contributed by atoms with Crippen molar-refractivity contribution in [2.45, 2.75) is 58.6 Å². The zero-order chi connectivity index (χ0) is 22.0. The first kappa shape index (κ1) is 23.6. The topological polar surface area (TPSA) is 91.3 Å². The predicted molar refractivity (Wildman–Crippen MR) is 108 cm³/mol. The molecular formula is C18H27F3N4O3S. The van der Waals surface area contributed by atoms with E-state index in [2.05, 4.69) is 5.32 Å². The Bertz CT molecular complexity index is 976. The third-order valence-corrected chi connectivity index (χ3v) is 6.02. The van der Waals surface area contributed by atoms with Crippen LogP contribution in [0.4, 0.5) is 13.2 Å². The fourth-order valence-corrected chi connectivity index (χ4v) is 4.22. The minimum absolute atomic E-state index is 0.0703. The van der Waals surface area contributed by atoms with Crippen molar-refractivity contribution in [2.24, 2.45) is 5.73 Å². The highest BCUT2D eigenvalue weighted by Crippen LogP contribution is 2.29. The van der Waals surface area contributed by atoms with Crippen molar-refractivity contribution in [1.82, 2.24) is 14.5 Å². The lowest BCUT2D eigenvalue weighted by Crippen LogP contribution is -2.45. The Morgan fingerprint density at radius 3 is 2.41 bits per heavy atom. The maximum Gasteiger partial charge on any atom is 0.390 e. The minimum Gasteiger partial charge on any atom is -0.377 e. The van der Waals surface area contributed by atoms with E-state index in [1.165, 1.54) is 7.11 Å². The van der Waals surface area contributed by atoms with Gasteiger partial charge in [0.2, 0.25) is 0 Å². The highest BCUT2D eigenvalue weighted by Gasteiger charge is 2.29. The summed E-state index contributed by atoms with van der Waals surface area (Å²) >= 11 is 1.16. The number of aromatic nitrogens is 2. The molecule has 0 aliphatic carbocycles. The number of thiophene rings is 1. The number of aryl methyl sites for hydroxylation is 2. The van der Waals surface area contributed by atoms with Gasteiger partial charge in [-0.15, -0.1) is 11.3 Å². The average Bonchev–Trinajstić information content (AvgIpc) is 2.94. The average molecular weight is 437 g/mol. The number of nitrogens with two attached hydrogens (primary N) is 1. The summed E-state index contributed by atoms with van der Waals surface area (Å²) in [6.07, 6.45) is -5.58. The molecule has 0 amide bonds. The van der Waals surface area contributed by atoms with Crippen molar-refractivity contribution < 1.29 is 17.9 Å². The quantitative estimate of drug-likeness (QED) is 0.587. The number of fused-ring (bicyclic) bond motifs is 1. The molecule has 0 radical (unpaired) electrons. The zero-order valence-electron chi connectivity index (χ0n) is 17.0. The first-order valence-electron chi connectivity index (χ1n) is 9.20. The molecule has 2 heterocycles. The SMILES string of the molecule is COC(C)(C)Cn1c(=O)c2c(C)c(CNCCN)sc2n(CCC(F)(F)F)c1=O. The van der Waals surface area contributed by atoms with E-state index in [9.17, 15) is 22.8 Å². The maximum atomic E-state index is 13.1. The van der Waals surface area contributed by atoms with Crippen LogP contribution in [0.25, 0.3) is 10.2 Å². The monoisotopic (exact) mass is 436 g/mol. The van der Waals surface area contributed by atoms with E-state index in [0.29, 0.717) is 25.2 Å². The van der Waals surface area contributed by atoms with Crippen molar-refractivity contribution >= 4 is 21.6 Å². The second kappa shape index (κ2) is 8.99. The van der Waals surface area contributed by atoms with Gasteiger partial charge in [-0.05, 0) is 26.3 Å². The highest BCUT2D eigenvalue weighted by atomic mass is 32.1. The summed E-state index contributed by atoms with van der Waals surface area (Å²) in [4.78, 5) is 27.1. The summed E-state index contributed by atoms with van der Waals surface area (Å²) in [6, 6.07) is 0. The van der Waals surface area contributed by atoms with Crippen molar-refractivity contribution in [1.29, 1.82) is 0 Å². The van der Waals surface area contributed by atoms with Crippen molar-refractivity contribution in [3.63, 3.8) is 0 Å². The number of hydrogen-bond donors (Lipinski definition) is 2. The molecule has 0 aliphatic heterocycles. The molecule has 11 heteroatoms. The molecule has 2 rings (SSSR count). The minimum atomic E-state index is -4.42. The van der Waals surface area contributed by atoms with E-state index in [0.717, 1.165) is 25.3 Å². The van der Waals surface area contributed by atoms with Gasteiger partial charge in [-0.3, -0.25) is 13.9 Å². The lowest BCUT2D eigenvalue weighted by molar-refractivity contribution is -0.136. The fourth-order valence-electron chi connectivity index (χ4n) is 2.93. The molecule has 0 atom stereocenters. The van der Waals surface area contributed by atoms with E-state index >= 15 is 0 Å². The van der Waals surface area contributed by atoms with Crippen molar-refractivity contribution in [3.8, 4) is 0 Å². The Morgan fingerprint density at radius 1 is 1.21 bits per heavy atom. The summed E-state index contributed by atoms with van der Waals surface area (Å²) in [5.41, 5.74) is 4.01. The molecule has 0 unspecified atom stereocenters. The molecule has 0 fully saturated rings. The Morgan fingerprint density at radius 2 is 1.86 bits per heavy atom. The van der Waals surface area contributed by atoms with Gasteiger partial charge in [0.25, 0.3) is 5.56 Å². The van der Waals surface area contributed by atoms with Crippen LogP contribution in [0.2, 0.25) is 0 Å². The van der Waals surface area contributed by atoms with Crippen LogP contribution in [0, 0.1) is 6.92 Å². The maximum absolute atomic E-state index is 13.1. The van der Waals surface area contributed by atoms with Gasteiger partial charge in [0.05, 0.1) is 24.0 Å². The van der Waals surface area contributed by atoms with Gasteiger partial charge in [0.15, 0.2) is 0 Å². The van der Waals surface area contributed by atoms with Crippen LogP contribution in [-0.4, -0.2) is 41.1 Å². The van der Waals surface area contributed by atoms with Crippen LogP contribution in [0.5, 0.6) is 0 Å². The Labute approximate surface area is 170 Å². The molecule has 0 bridgehead atoms. The van der Waals surface area contributed by atoms with E-state index < -0.39 is 36.0 Å². The number of ether oxygens (including phenoxy) is 1. The third-order valence-electron chi connectivity index (χ3n) is 4.71. The summed E-state index contributed by atoms with van der Waals surface area (Å²) in [7, 11) is 1.45. The standard InChI is InChI=1S/C18H27F3N4O3S/c1-11-12(9-23-7-6-22)29-15-13(11)14(26)25(10-17(2,3)28-4)16(27)24(15)8-5-18(19,20)21/h23H,5-10,22H2,1-4H3. The van der Waals surface area contributed by atoms with Gasteiger partial charge in [0, 0.05) is 38.2 Å². The Hall–Kier alpha value is -1.69. The summed E-state index contributed by atoms with van der Waals surface area (Å²) < 4.78 is 45.9. The van der Waals surface area contributed by atoms with Gasteiger partial charge in [-0.2, -0.15) is 13.2 Å². The number of nitrogens with one attached hydrogen (secondary N) is 1. The molecule has 0 saturated heterocycles. The van der Waals surface area contributed by atoms with Crippen LogP contribution in [-0.2, 0) is 24.4 Å². The van der Waals surface area contributed by atoms with Gasteiger partial charge >= 0.3 is 11.9 Å². The van der Waals surface area contributed by atoms with Crippen LogP contribution >= 0.6 is 11.3 Å². The van der Waals surface area contributed by atoms with Gasteiger partial charge in [0.1, 0.15) is 4.83 Å². The van der Waals surface area contributed by atoms with Crippen LogP contribution in [0.3, 0.4) is 0 Å². The molecule has 7 nitrogen and oxygen atoms in total. The second-order valence-electron chi connectivity index (χ2n) is 7.45. The Balaban J connectivity index is 2.69. The largest absolute Gasteiger partial charge is 0.390 e. The molecular weight excluding hydrogens is 409 g/mol. The molecule has 2 aromatic rings. The summed E-state index contributed by atoms with van der Waals surface area (Å²) in [5, 5.41) is 3.39. The fraction of sp³-hybridized carbons (Fsp3) is 0.667. The first-order chi connectivity index (χ1) is 13.4. The number of alkyl halides is 3. The van der Waals surface area contributed by atoms with Gasteiger partial charge in [-0.1, -0.05) is 0 Å². The number of nitrogens with zero attached hydrogens (tertiary/aromatic N) is 2. The number of methoxy groups -OCH3 is 1. The normalized spacial score (nSPS) is 12.8. The zero-order valence-corrected chi connectivity index (χ0v) is 17.8. The van der Waals surface area contributed by atoms with Crippen molar-refractivity contribution in [3.05, 3.63) is 31.3 Å². The van der Waals surface area contributed by atoms with Crippen LogP contribution in [0.15, 0.2) is 9.59 Å². The third kappa shape index (κ3) is 5.47. The number of hydrogen-bond acceptors (Lipinski definition) is 6. The molecule has 0 saturated carbocycles. The molecule has 0 spiro atoms. The summed E-state index contributed by atoms with van der Waals surface area (Å²) in [6.45, 7) is 5.92. The lowest BCUT2D eigenvalue weighted by Gasteiger charge is -2.24. The van der Waals surface area contributed by atoms with Crippen LogP contribution < -0.4 is 22.3 Å². The molecule has 164 valence electrons. The number of halogens is 3. The van der Waals surface area contributed by atoms with Gasteiger partial charge < -0.3 is 15.8 Å². The van der Waals surface area contributed by atoms with Crippen molar-refractivity contribution in [2.75, 3.05) is 20.2 Å². The predicted octanol–water partition coefficient (Wildman–Crippen LogP) is 1.96. The lowest BCUT2D eigenvalue weighted by atomic mass is 10.1. The number of rotatable bonds is 9. The van der Waals surface area contributed by atoms with Crippen LogP contribution in [0.1, 0.15) is 30.7 Å². The molecule has 2 aromatic heterocycles. The highest BCUT2D eigenvalue weighted by molar-refractivity contribution is 7.18. The summed E-state index contributed by atoms with van der Waals surface area (Å²) in [5.74, 6) is 0. The molecule has 29 heavy (non-hydrogen) atoms. The first-order valence-corrected chi connectivity index (χ1v) is 10.0. The molecule has 0 aliphatic rings. The Kier molecular flexibility index (Phi) is 7.31. The molecule has 0 aromatic carbocycles. The van der Waals surface area contributed by atoms with E-state index in [4.69, 9.17) is 10.5 Å². The van der Waals surface area contributed by atoms with Gasteiger partial charge in [-0.25, -0.2) is 4.79 Å². The molecule has 3 N–H and O–H groups in total.